The maximum Gasteiger partial charge on any atom is 0.270 e. The number of amides is 1. The molecule has 0 saturated carbocycles. The van der Waals surface area contributed by atoms with Crippen LogP contribution in [0, 0.1) is 6.92 Å². The number of aromatic nitrogens is 5. The molecule has 38 heavy (non-hydrogen) atoms. The molecular weight excluding hydrogens is 559 g/mol. The first-order valence-corrected chi connectivity index (χ1v) is 14.3. The maximum atomic E-state index is 12.6. The van der Waals surface area contributed by atoms with Crippen molar-refractivity contribution in [2.75, 3.05) is 6.54 Å². The van der Waals surface area contributed by atoms with Gasteiger partial charge in [-0.25, -0.2) is 4.98 Å². The highest BCUT2D eigenvalue weighted by molar-refractivity contribution is 7.98. The van der Waals surface area contributed by atoms with Crippen molar-refractivity contribution in [2.45, 2.75) is 24.3 Å². The van der Waals surface area contributed by atoms with E-state index in [0.717, 1.165) is 32.8 Å². The molecule has 192 valence electrons. The van der Waals surface area contributed by atoms with E-state index >= 15 is 0 Å². The van der Waals surface area contributed by atoms with Crippen molar-refractivity contribution >= 4 is 52.2 Å². The zero-order valence-corrected chi connectivity index (χ0v) is 23.4. The van der Waals surface area contributed by atoms with Crippen LogP contribution >= 0.6 is 46.3 Å². The van der Waals surface area contributed by atoms with Crippen molar-refractivity contribution < 1.29 is 4.79 Å². The SMILES string of the molecule is Cc1ccc(-n2c(SCc3nc(C(=O)NCCc4ccc(Cl)cc4Cl)cs3)nnc2-c2ccncc2)cc1. The number of carbonyl (C=O) groups excluding carboxylic acids is 1. The standard InChI is InChI=1S/C27H22Cl2N6OS2/c1-17-2-6-21(7-3-17)35-25(19-8-11-30-12-9-19)33-34-27(35)38-16-24-32-23(15-37-24)26(36)31-13-10-18-4-5-20(28)14-22(18)29/h2-9,11-12,14-15H,10,13,16H2,1H3,(H,31,36). The van der Waals surface area contributed by atoms with Crippen LogP contribution in [0.25, 0.3) is 17.1 Å². The Kier molecular flexibility index (Phi) is 8.38. The summed E-state index contributed by atoms with van der Waals surface area (Å²) < 4.78 is 2.03. The summed E-state index contributed by atoms with van der Waals surface area (Å²) in [5, 5.41) is 16.3. The van der Waals surface area contributed by atoms with E-state index in [9.17, 15) is 4.79 Å². The van der Waals surface area contributed by atoms with E-state index in [1.807, 2.05) is 22.8 Å². The molecule has 0 saturated heterocycles. The number of carbonyl (C=O) groups is 1. The molecule has 0 aliphatic carbocycles. The number of benzene rings is 2. The molecule has 0 spiro atoms. The fourth-order valence-electron chi connectivity index (χ4n) is 3.71. The highest BCUT2D eigenvalue weighted by Gasteiger charge is 2.18. The van der Waals surface area contributed by atoms with Gasteiger partial charge in [0.1, 0.15) is 10.7 Å². The molecule has 0 bridgehead atoms. The van der Waals surface area contributed by atoms with Crippen LogP contribution in [-0.4, -0.2) is 37.2 Å². The van der Waals surface area contributed by atoms with Crippen molar-refractivity contribution in [1.82, 2.24) is 30.0 Å². The number of thiazole rings is 1. The number of pyridine rings is 1. The summed E-state index contributed by atoms with van der Waals surface area (Å²) in [5.41, 5.74) is 4.38. The summed E-state index contributed by atoms with van der Waals surface area (Å²) >= 11 is 15.1. The van der Waals surface area contributed by atoms with Gasteiger partial charge in [0.25, 0.3) is 5.91 Å². The molecule has 0 aliphatic rings. The Hall–Kier alpha value is -3.24. The number of nitrogens with zero attached hydrogens (tertiary/aromatic N) is 5. The molecule has 5 rings (SSSR count). The van der Waals surface area contributed by atoms with E-state index in [-0.39, 0.29) is 5.91 Å². The van der Waals surface area contributed by atoms with Crippen LogP contribution in [0.4, 0.5) is 0 Å². The zero-order chi connectivity index (χ0) is 26.5. The first-order chi connectivity index (χ1) is 18.5. The fourth-order valence-corrected chi connectivity index (χ4v) is 5.96. The van der Waals surface area contributed by atoms with E-state index in [1.54, 1.807) is 29.9 Å². The van der Waals surface area contributed by atoms with Gasteiger partial charge in [0.2, 0.25) is 0 Å². The molecule has 0 atom stereocenters. The quantitative estimate of drug-likeness (QED) is 0.196. The highest BCUT2D eigenvalue weighted by atomic mass is 35.5. The fraction of sp³-hybridized carbons (Fsp3) is 0.148. The number of halogens is 2. The van der Waals surface area contributed by atoms with E-state index in [1.165, 1.54) is 28.7 Å². The van der Waals surface area contributed by atoms with Gasteiger partial charge in [-0.2, -0.15) is 0 Å². The van der Waals surface area contributed by atoms with Crippen LogP contribution < -0.4 is 5.32 Å². The molecule has 3 heterocycles. The van der Waals surface area contributed by atoms with Crippen LogP contribution in [0.15, 0.2) is 77.5 Å². The minimum Gasteiger partial charge on any atom is -0.350 e. The lowest BCUT2D eigenvalue weighted by Gasteiger charge is -2.10. The second-order valence-electron chi connectivity index (χ2n) is 8.37. The summed E-state index contributed by atoms with van der Waals surface area (Å²) in [6.45, 7) is 2.50. The lowest BCUT2D eigenvalue weighted by molar-refractivity contribution is 0.0949. The Morgan fingerprint density at radius 2 is 1.84 bits per heavy atom. The minimum absolute atomic E-state index is 0.217. The number of hydrogen-bond acceptors (Lipinski definition) is 7. The number of rotatable bonds is 9. The molecule has 2 aromatic carbocycles. The van der Waals surface area contributed by atoms with Crippen molar-refractivity contribution in [2.24, 2.45) is 0 Å². The normalized spacial score (nSPS) is 11.0. The minimum atomic E-state index is -0.217. The smallest absolute Gasteiger partial charge is 0.270 e. The van der Waals surface area contributed by atoms with Crippen LogP contribution in [0.2, 0.25) is 10.0 Å². The third-order valence-corrected chi connectivity index (χ3v) is 8.23. The zero-order valence-electron chi connectivity index (χ0n) is 20.3. The molecule has 1 N–H and O–H groups in total. The summed E-state index contributed by atoms with van der Waals surface area (Å²) in [6.07, 6.45) is 4.08. The monoisotopic (exact) mass is 580 g/mol. The molecule has 0 radical (unpaired) electrons. The highest BCUT2D eigenvalue weighted by Crippen LogP contribution is 2.30. The average Bonchev–Trinajstić information content (AvgIpc) is 3.57. The Morgan fingerprint density at radius 3 is 2.61 bits per heavy atom. The summed E-state index contributed by atoms with van der Waals surface area (Å²) in [6, 6.07) is 17.4. The Morgan fingerprint density at radius 1 is 1.05 bits per heavy atom. The molecule has 0 fully saturated rings. The van der Waals surface area contributed by atoms with Crippen molar-refractivity contribution in [3.05, 3.63) is 104 Å². The predicted molar refractivity (Wildman–Crippen MR) is 154 cm³/mol. The summed E-state index contributed by atoms with van der Waals surface area (Å²) in [5.74, 6) is 1.07. The second kappa shape index (κ2) is 12.1. The number of nitrogens with one attached hydrogen (secondary N) is 1. The lowest BCUT2D eigenvalue weighted by Crippen LogP contribution is -2.26. The third-order valence-electron chi connectivity index (χ3n) is 5.67. The topological polar surface area (TPSA) is 85.6 Å². The van der Waals surface area contributed by atoms with E-state index < -0.39 is 0 Å². The largest absolute Gasteiger partial charge is 0.350 e. The summed E-state index contributed by atoms with van der Waals surface area (Å²) in [4.78, 5) is 21.3. The number of aryl methyl sites for hydroxylation is 1. The van der Waals surface area contributed by atoms with Gasteiger partial charge >= 0.3 is 0 Å². The van der Waals surface area contributed by atoms with Gasteiger partial charge in [-0.1, -0.05) is 58.7 Å². The van der Waals surface area contributed by atoms with Gasteiger partial charge in [0.15, 0.2) is 11.0 Å². The molecule has 5 aromatic rings. The summed E-state index contributed by atoms with van der Waals surface area (Å²) in [7, 11) is 0. The van der Waals surface area contributed by atoms with Crippen molar-refractivity contribution in [1.29, 1.82) is 0 Å². The lowest BCUT2D eigenvalue weighted by atomic mass is 10.1. The molecule has 0 unspecified atom stereocenters. The molecule has 3 aromatic heterocycles. The maximum absolute atomic E-state index is 12.6. The Balaban J connectivity index is 1.26. The average molecular weight is 582 g/mol. The van der Waals surface area contributed by atoms with Crippen LogP contribution in [0.1, 0.15) is 26.6 Å². The molecule has 0 aliphatic heterocycles. The van der Waals surface area contributed by atoms with Crippen molar-refractivity contribution in [3.8, 4) is 17.1 Å². The third kappa shape index (κ3) is 6.24. The van der Waals surface area contributed by atoms with E-state index in [0.29, 0.717) is 34.5 Å². The first-order valence-electron chi connectivity index (χ1n) is 11.7. The van der Waals surface area contributed by atoms with Gasteiger partial charge in [-0.15, -0.1) is 21.5 Å². The van der Waals surface area contributed by atoms with Crippen LogP contribution in [-0.2, 0) is 12.2 Å². The Bertz CT molecular complexity index is 1550. The number of thioether (sulfide) groups is 1. The molecule has 11 heteroatoms. The van der Waals surface area contributed by atoms with E-state index in [2.05, 4.69) is 56.7 Å². The Labute approximate surface area is 238 Å². The molecular formula is C27H22Cl2N6OS2. The first kappa shape index (κ1) is 26.4. The van der Waals surface area contributed by atoms with Gasteiger partial charge in [-0.3, -0.25) is 14.3 Å². The van der Waals surface area contributed by atoms with Gasteiger partial charge in [0.05, 0.1) is 5.75 Å². The number of hydrogen-bond donors (Lipinski definition) is 1. The van der Waals surface area contributed by atoms with Gasteiger partial charge in [-0.05, 0) is 55.3 Å². The second-order valence-corrected chi connectivity index (χ2v) is 11.1. The van der Waals surface area contributed by atoms with Gasteiger partial charge in [0, 0.05) is 45.6 Å². The molecule has 7 nitrogen and oxygen atoms in total. The van der Waals surface area contributed by atoms with Crippen LogP contribution in [0.5, 0.6) is 0 Å². The van der Waals surface area contributed by atoms with Gasteiger partial charge < -0.3 is 5.32 Å². The molecule has 1 amide bonds. The van der Waals surface area contributed by atoms with Crippen LogP contribution in [0.3, 0.4) is 0 Å². The van der Waals surface area contributed by atoms with E-state index in [4.69, 9.17) is 23.2 Å². The predicted octanol–water partition coefficient (Wildman–Crippen LogP) is 6.67. The van der Waals surface area contributed by atoms with Crippen molar-refractivity contribution in [3.63, 3.8) is 0 Å².